The smallest absolute Gasteiger partial charge is 0.425 e. The van der Waals surface area contributed by atoms with Crippen LogP contribution < -0.4 is 0 Å². The minimum absolute atomic E-state index is 0.120. The van der Waals surface area contributed by atoms with Gasteiger partial charge in [-0.2, -0.15) is 0 Å². The van der Waals surface area contributed by atoms with Crippen LogP contribution in [-0.2, 0) is 19.1 Å². The molecular formula is C9H13NO6. The Morgan fingerprint density at radius 3 is 2.19 bits per heavy atom. The van der Waals surface area contributed by atoms with Gasteiger partial charge in [0.05, 0.1) is 0 Å². The molecule has 0 unspecified atom stereocenters. The van der Waals surface area contributed by atoms with E-state index in [-0.39, 0.29) is 12.8 Å². The van der Waals surface area contributed by atoms with E-state index in [0.29, 0.717) is 13.1 Å². The average Bonchev–Trinajstić information content (AvgIpc) is 2.22. The second kappa shape index (κ2) is 4.58. The van der Waals surface area contributed by atoms with Crippen molar-refractivity contribution < 1.29 is 29.3 Å². The summed E-state index contributed by atoms with van der Waals surface area (Å²) in [7, 11) is 1.83. The number of hydrogen-bond donors (Lipinski definition) is 2. The maximum atomic E-state index is 11.4. The number of piperidine rings is 1. The van der Waals surface area contributed by atoms with Crippen molar-refractivity contribution in [2.75, 3.05) is 20.1 Å². The lowest BCUT2D eigenvalue weighted by molar-refractivity contribution is -0.182. The molecule has 0 saturated carbocycles. The Morgan fingerprint density at radius 2 is 1.75 bits per heavy atom. The van der Waals surface area contributed by atoms with Crippen LogP contribution in [0.1, 0.15) is 12.8 Å². The van der Waals surface area contributed by atoms with E-state index in [1.54, 1.807) is 0 Å². The lowest BCUT2D eigenvalue weighted by atomic mass is 9.92. The van der Waals surface area contributed by atoms with E-state index in [2.05, 4.69) is 4.74 Å². The fourth-order valence-electron chi connectivity index (χ4n) is 1.42. The molecule has 0 amide bonds. The summed E-state index contributed by atoms with van der Waals surface area (Å²) in [6.45, 7) is 0.958. The number of hydrogen-bond acceptors (Lipinski definition) is 6. The fraction of sp³-hybridized carbons (Fsp3) is 0.667. The fourth-order valence-corrected chi connectivity index (χ4v) is 1.42. The predicted molar refractivity (Wildman–Crippen MR) is 50.4 cm³/mol. The number of rotatable bonds is 1. The third-order valence-corrected chi connectivity index (χ3v) is 2.55. The van der Waals surface area contributed by atoms with Gasteiger partial charge in [0.15, 0.2) is 5.60 Å². The van der Waals surface area contributed by atoms with Crippen LogP contribution >= 0.6 is 0 Å². The van der Waals surface area contributed by atoms with Gasteiger partial charge >= 0.3 is 17.9 Å². The highest BCUT2D eigenvalue weighted by Gasteiger charge is 2.41. The number of carboxylic acids is 1. The van der Waals surface area contributed by atoms with E-state index in [0.717, 1.165) is 0 Å². The van der Waals surface area contributed by atoms with E-state index in [1.165, 1.54) is 0 Å². The zero-order chi connectivity index (χ0) is 12.3. The Morgan fingerprint density at radius 1 is 1.25 bits per heavy atom. The van der Waals surface area contributed by atoms with Gasteiger partial charge in [-0.1, -0.05) is 0 Å². The second-order valence-electron chi connectivity index (χ2n) is 3.82. The van der Waals surface area contributed by atoms with Crippen LogP contribution in [0.25, 0.3) is 0 Å². The predicted octanol–water partition coefficient (Wildman–Crippen LogP) is -1.40. The molecule has 1 rings (SSSR count). The zero-order valence-corrected chi connectivity index (χ0v) is 8.80. The van der Waals surface area contributed by atoms with Crippen LogP contribution in [0.2, 0.25) is 0 Å². The molecule has 7 heteroatoms. The number of esters is 2. The van der Waals surface area contributed by atoms with Crippen LogP contribution in [0.15, 0.2) is 0 Å². The highest BCUT2D eigenvalue weighted by atomic mass is 16.6. The van der Waals surface area contributed by atoms with Crippen LogP contribution in [0.3, 0.4) is 0 Å². The highest BCUT2D eigenvalue weighted by Crippen LogP contribution is 2.22. The molecule has 0 aromatic carbocycles. The van der Waals surface area contributed by atoms with Gasteiger partial charge < -0.3 is 19.8 Å². The van der Waals surface area contributed by atoms with Gasteiger partial charge in [-0.05, 0) is 19.9 Å². The number of aliphatic hydroxyl groups is 1. The van der Waals surface area contributed by atoms with E-state index in [1.807, 2.05) is 11.9 Å². The van der Waals surface area contributed by atoms with Crippen molar-refractivity contribution >= 4 is 17.9 Å². The first-order valence-corrected chi connectivity index (χ1v) is 4.75. The molecule has 90 valence electrons. The van der Waals surface area contributed by atoms with Crippen LogP contribution in [0.4, 0.5) is 0 Å². The molecule has 1 saturated heterocycles. The Kier molecular flexibility index (Phi) is 3.61. The van der Waals surface area contributed by atoms with Crippen molar-refractivity contribution in [1.29, 1.82) is 0 Å². The summed E-state index contributed by atoms with van der Waals surface area (Å²) in [4.78, 5) is 34.1. The summed E-state index contributed by atoms with van der Waals surface area (Å²) >= 11 is 0. The maximum absolute atomic E-state index is 11.4. The summed E-state index contributed by atoms with van der Waals surface area (Å²) in [5.74, 6) is -4.71. The van der Waals surface area contributed by atoms with Gasteiger partial charge in [0.25, 0.3) is 0 Å². The molecule has 0 spiro atoms. The molecule has 0 atom stereocenters. The summed E-state index contributed by atoms with van der Waals surface area (Å²) in [5, 5.41) is 18.1. The molecule has 1 heterocycles. The molecular weight excluding hydrogens is 218 g/mol. The molecule has 7 nitrogen and oxygen atoms in total. The molecule has 1 fully saturated rings. The van der Waals surface area contributed by atoms with Gasteiger partial charge in [-0.25, -0.2) is 14.4 Å². The lowest BCUT2D eigenvalue weighted by Gasteiger charge is -2.33. The molecule has 1 aliphatic heterocycles. The minimum Gasteiger partial charge on any atom is -0.473 e. The number of carbonyl (C=O) groups excluding carboxylic acids is 2. The molecule has 0 aromatic heterocycles. The second-order valence-corrected chi connectivity index (χ2v) is 3.82. The molecule has 16 heavy (non-hydrogen) atoms. The van der Waals surface area contributed by atoms with Gasteiger partial charge in [-0.3, -0.25) is 0 Å². The van der Waals surface area contributed by atoms with Gasteiger partial charge in [0.2, 0.25) is 0 Å². The third-order valence-electron chi connectivity index (χ3n) is 2.55. The largest absolute Gasteiger partial charge is 0.473 e. The number of carboxylic acid groups (broad SMARTS) is 1. The van der Waals surface area contributed by atoms with Crippen molar-refractivity contribution in [2.24, 2.45) is 0 Å². The summed E-state index contributed by atoms with van der Waals surface area (Å²) in [5.41, 5.74) is -1.75. The normalized spacial score (nSPS) is 20.1. The van der Waals surface area contributed by atoms with E-state index < -0.39 is 23.5 Å². The van der Waals surface area contributed by atoms with Crippen LogP contribution in [-0.4, -0.2) is 58.8 Å². The van der Waals surface area contributed by atoms with E-state index >= 15 is 0 Å². The highest BCUT2D eigenvalue weighted by molar-refractivity contribution is 6.30. The topological polar surface area (TPSA) is 104 Å². The molecule has 0 aromatic rings. The number of carbonyl (C=O) groups is 3. The van der Waals surface area contributed by atoms with Gasteiger partial charge in [0, 0.05) is 13.1 Å². The van der Waals surface area contributed by atoms with Crippen molar-refractivity contribution in [3.8, 4) is 0 Å². The standard InChI is InChI=1S/C9H13NO6/c1-10-4-2-9(15,3-5-10)8(14)16-7(13)6(11)12/h15H,2-5H2,1H3,(H,11,12). The first-order valence-electron chi connectivity index (χ1n) is 4.75. The molecule has 0 radical (unpaired) electrons. The molecule has 2 N–H and O–H groups in total. The van der Waals surface area contributed by atoms with Crippen molar-refractivity contribution in [3.63, 3.8) is 0 Å². The first-order chi connectivity index (χ1) is 7.35. The van der Waals surface area contributed by atoms with Crippen molar-refractivity contribution in [3.05, 3.63) is 0 Å². The Labute approximate surface area is 91.6 Å². The SMILES string of the molecule is CN1CCC(O)(C(=O)OC(=O)C(=O)O)CC1. The first kappa shape index (κ1) is 12.6. The Balaban J connectivity index is 2.59. The van der Waals surface area contributed by atoms with Crippen molar-refractivity contribution in [2.45, 2.75) is 18.4 Å². The monoisotopic (exact) mass is 231 g/mol. The van der Waals surface area contributed by atoms with Crippen LogP contribution in [0.5, 0.6) is 0 Å². The Bertz CT molecular complexity index is 318. The van der Waals surface area contributed by atoms with Crippen LogP contribution in [0, 0.1) is 0 Å². The third kappa shape index (κ3) is 2.77. The minimum atomic E-state index is -1.86. The molecule has 1 aliphatic rings. The number of aliphatic carboxylic acids is 1. The van der Waals surface area contributed by atoms with E-state index in [4.69, 9.17) is 5.11 Å². The molecule has 0 aliphatic carbocycles. The Hall–Kier alpha value is -1.47. The van der Waals surface area contributed by atoms with Gasteiger partial charge in [-0.15, -0.1) is 0 Å². The average molecular weight is 231 g/mol. The summed E-state index contributed by atoms with van der Waals surface area (Å²) < 4.78 is 4.04. The summed E-state index contributed by atoms with van der Waals surface area (Å²) in [6.07, 6.45) is 0.241. The quantitative estimate of drug-likeness (QED) is 0.325. The van der Waals surface area contributed by atoms with Gasteiger partial charge in [0.1, 0.15) is 0 Å². The lowest BCUT2D eigenvalue weighted by Crippen LogP contribution is -2.50. The summed E-state index contributed by atoms with van der Waals surface area (Å²) in [6, 6.07) is 0. The zero-order valence-electron chi connectivity index (χ0n) is 8.80. The molecule has 0 bridgehead atoms. The number of ether oxygens (including phenoxy) is 1. The van der Waals surface area contributed by atoms with Crippen molar-refractivity contribution in [1.82, 2.24) is 4.90 Å². The van der Waals surface area contributed by atoms with E-state index in [9.17, 15) is 19.5 Å². The maximum Gasteiger partial charge on any atom is 0.425 e. The number of likely N-dealkylation sites (tertiary alicyclic amines) is 1. The number of nitrogens with zero attached hydrogens (tertiary/aromatic N) is 1.